The molecular formula is C14H13N3O3. The van der Waals surface area contributed by atoms with Crippen molar-refractivity contribution in [3.63, 3.8) is 0 Å². The highest BCUT2D eigenvalue weighted by Gasteiger charge is 2.22. The zero-order chi connectivity index (χ0) is 14.7. The number of aromatic nitrogens is 1. The first-order valence-corrected chi connectivity index (χ1v) is 5.76. The second kappa shape index (κ2) is 5.36. The van der Waals surface area contributed by atoms with Crippen molar-refractivity contribution in [2.24, 2.45) is 0 Å². The van der Waals surface area contributed by atoms with Crippen LogP contribution < -0.4 is 10.5 Å². The van der Waals surface area contributed by atoms with Gasteiger partial charge in [-0.2, -0.15) is 5.26 Å². The number of anilines is 1. The van der Waals surface area contributed by atoms with E-state index >= 15 is 0 Å². The summed E-state index contributed by atoms with van der Waals surface area (Å²) in [7, 11) is 2.78. The van der Waals surface area contributed by atoms with Gasteiger partial charge >= 0.3 is 5.97 Å². The second-order valence-electron chi connectivity index (χ2n) is 3.95. The second-order valence-corrected chi connectivity index (χ2v) is 3.95. The van der Waals surface area contributed by atoms with E-state index in [0.717, 1.165) is 0 Å². The van der Waals surface area contributed by atoms with E-state index in [1.165, 1.54) is 25.0 Å². The molecule has 0 aliphatic rings. The molecule has 0 aliphatic carbocycles. The van der Waals surface area contributed by atoms with Crippen LogP contribution >= 0.6 is 0 Å². The Morgan fingerprint density at radius 2 is 2.05 bits per heavy atom. The Bertz CT molecular complexity index is 698. The molecule has 0 amide bonds. The molecule has 0 spiro atoms. The maximum absolute atomic E-state index is 11.9. The van der Waals surface area contributed by atoms with Crippen molar-refractivity contribution < 1.29 is 14.3 Å². The molecule has 20 heavy (non-hydrogen) atoms. The fraction of sp³-hybridized carbons (Fsp3) is 0.143. The molecule has 0 bridgehead atoms. The van der Waals surface area contributed by atoms with Crippen LogP contribution in [0.15, 0.2) is 30.5 Å². The van der Waals surface area contributed by atoms with Gasteiger partial charge in [0.15, 0.2) is 5.69 Å². The molecule has 2 N–H and O–H groups in total. The van der Waals surface area contributed by atoms with Gasteiger partial charge in [0.1, 0.15) is 11.8 Å². The van der Waals surface area contributed by atoms with Crippen molar-refractivity contribution >= 4 is 11.7 Å². The average molecular weight is 271 g/mol. The number of rotatable bonds is 3. The Morgan fingerprint density at radius 1 is 1.35 bits per heavy atom. The molecule has 1 heterocycles. The summed E-state index contributed by atoms with van der Waals surface area (Å²) < 4.78 is 11.5. The van der Waals surface area contributed by atoms with Gasteiger partial charge < -0.3 is 19.8 Å². The van der Waals surface area contributed by atoms with Crippen LogP contribution in [0.4, 0.5) is 5.69 Å². The van der Waals surface area contributed by atoms with E-state index in [2.05, 4.69) is 0 Å². The molecule has 0 saturated heterocycles. The van der Waals surface area contributed by atoms with Crippen LogP contribution in [0.3, 0.4) is 0 Å². The number of hydrogen-bond donors (Lipinski definition) is 1. The molecule has 0 aliphatic heterocycles. The summed E-state index contributed by atoms with van der Waals surface area (Å²) in [5.41, 5.74) is 6.83. The Kier molecular flexibility index (Phi) is 3.62. The molecule has 6 nitrogen and oxygen atoms in total. The predicted molar refractivity (Wildman–Crippen MR) is 72.8 cm³/mol. The maximum atomic E-state index is 11.9. The fourth-order valence-electron chi connectivity index (χ4n) is 1.93. The average Bonchev–Trinajstić information content (AvgIpc) is 2.83. The lowest BCUT2D eigenvalue weighted by Gasteiger charge is -2.12. The number of nitrogens with two attached hydrogens (primary N) is 1. The van der Waals surface area contributed by atoms with E-state index in [4.69, 9.17) is 20.5 Å². The van der Waals surface area contributed by atoms with Crippen molar-refractivity contribution in [3.8, 4) is 17.5 Å². The molecule has 0 radical (unpaired) electrons. The number of methoxy groups -OCH3 is 2. The molecule has 0 unspecified atom stereocenters. The molecule has 0 saturated carbocycles. The number of carbonyl (C=O) groups excluding carboxylic acids is 1. The summed E-state index contributed by atoms with van der Waals surface area (Å²) in [5.74, 6) is -0.0629. The number of ether oxygens (including phenoxy) is 2. The third-order valence-electron chi connectivity index (χ3n) is 2.89. The normalized spacial score (nSPS) is 9.85. The van der Waals surface area contributed by atoms with Crippen LogP contribution in [-0.4, -0.2) is 24.8 Å². The van der Waals surface area contributed by atoms with Crippen LogP contribution in [0.5, 0.6) is 5.75 Å². The van der Waals surface area contributed by atoms with Crippen molar-refractivity contribution in [1.82, 2.24) is 4.57 Å². The summed E-state index contributed by atoms with van der Waals surface area (Å²) in [6.45, 7) is 0. The largest absolute Gasteiger partial charge is 0.495 e. The van der Waals surface area contributed by atoms with Crippen molar-refractivity contribution in [1.29, 1.82) is 5.26 Å². The molecule has 102 valence electrons. The standard InChI is InChI=1S/C14H13N3O3/c1-19-11-6-4-3-5-10(11)17-8-9(7-15)12(16)13(17)14(18)20-2/h3-6,8H,16H2,1-2H3. The lowest BCUT2D eigenvalue weighted by Crippen LogP contribution is -2.11. The number of nitrogen functional groups attached to an aromatic ring is 1. The zero-order valence-corrected chi connectivity index (χ0v) is 11.1. The smallest absolute Gasteiger partial charge is 0.357 e. The van der Waals surface area contributed by atoms with Gasteiger partial charge in [-0.15, -0.1) is 0 Å². The molecule has 1 aromatic carbocycles. The summed E-state index contributed by atoms with van der Waals surface area (Å²) in [6, 6.07) is 9.05. The monoisotopic (exact) mass is 271 g/mol. The number of nitriles is 1. The van der Waals surface area contributed by atoms with Crippen molar-refractivity contribution in [2.45, 2.75) is 0 Å². The summed E-state index contributed by atoms with van der Waals surface area (Å²) >= 11 is 0. The van der Waals surface area contributed by atoms with Gasteiger partial charge in [0.25, 0.3) is 0 Å². The summed E-state index contributed by atoms with van der Waals surface area (Å²) in [6.07, 6.45) is 1.49. The number of esters is 1. The maximum Gasteiger partial charge on any atom is 0.357 e. The van der Waals surface area contributed by atoms with Gasteiger partial charge in [0, 0.05) is 6.20 Å². The predicted octanol–water partition coefficient (Wildman–Crippen LogP) is 1.73. The first-order valence-electron chi connectivity index (χ1n) is 5.76. The molecule has 0 atom stereocenters. The lowest BCUT2D eigenvalue weighted by atomic mass is 10.2. The molecule has 1 aromatic heterocycles. The van der Waals surface area contributed by atoms with Gasteiger partial charge in [-0.1, -0.05) is 12.1 Å². The van der Waals surface area contributed by atoms with Crippen molar-refractivity contribution in [2.75, 3.05) is 20.0 Å². The highest BCUT2D eigenvalue weighted by atomic mass is 16.5. The van der Waals surface area contributed by atoms with Gasteiger partial charge in [-0.05, 0) is 12.1 Å². The van der Waals surface area contributed by atoms with E-state index in [1.807, 2.05) is 6.07 Å². The van der Waals surface area contributed by atoms with E-state index in [1.54, 1.807) is 24.3 Å². The molecule has 2 aromatic rings. The Balaban J connectivity index is 2.74. The van der Waals surface area contributed by atoms with E-state index in [9.17, 15) is 4.79 Å². The van der Waals surface area contributed by atoms with Crippen LogP contribution in [0, 0.1) is 11.3 Å². The van der Waals surface area contributed by atoms with E-state index in [-0.39, 0.29) is 16.9 Å². The highest BCUT2D eigenvalue weighted by Crippen LogP contribution is 2.29. The third kappa shape index (κ3) is 2.06. The summed E-state index contributed by atoms with van der Waals surface area (Å²) in [5, 5.41) is 9.06. The molecule has 2 rings (SSSR count). The first-order chi connectivity index (χ1) is 9.63. The Morgan fingerprint density at radius 3 is 2.65 bits per heavy atom. The number of nitrogens with zero attached hydrogens (tertiary/aromatic N) is 2. The quantitative estimate of drug-likeness (QED) is 0.858. The minimum Gasteiger partial charge on any atom is -0.495 e. The van der Waals surface area contributed by atoms with Crippen LogP contribution in [0.25, 0.3) is 5.69 Å². The van der Waals surface area contributed by atoms with Crippen LogP contribution in [0.2, 0.25) is 0 Å². The van der Waals surface area contributed by atoms with Gasteiger partial charge in [-0.25, -0.2) is 4.79 Å². The SMILES string of the molecule is COC(=O)c1c(N)c(C#N)cn1-c1ccccc1OC. The van der Waals surface area contributed by atoms with Crippen LogP contribution in [-0.2, 0) is 4.74 Å². The van der Waals surface area contributed by atoms with Gasteiger partial charge in [0.05, 0.1) is 31.2 Å². The fourth-order valence-corrected chi connectivity index (χ4v) is 1.93. The number of hydrogen-bond acceptors (Lipinski definition) is 5. The third-order valence-corrected chi connectivity index (χ3v) is 2.89. The number of carbonyl (C=O) groups is 1. The first kappa shape index (κ1) is 13.5. The highest BCUT2D eigenvalue weighted by molar-refractivity contribution is 5.96. The van der Waals surface area contributed by atoms with Crippen LogP contribution in [0.1, 0.15) is 16.1 Å². The molecule has 0 fully saturated rings. The van der Waals surface area contributed by atoms with Gasteiger partial charge in [-0.3, -0.25) is 0 Å². The molecular weight excluding hydrogens is 258 g/mol. The Labute approximate surface area is 115 Å². The zero-order valence-electron chi connectivity index (χ0n) is 11.1. The minimum atomic E-state index is -0.616. The molecule has 6 heteroatoms. The number of para-hydroxylation sites is 2. The summed E-state index contributed by atoms with van der Waals surface area (Å²) in [4.78, 5) is 11.9. The Hall–Kier alpha value is -2.94. The number of benzene rings is 1. The minimum absolute atomic E-state index is 0.0882. The lowest BCUT2D eigenvalue weighted by molar-refractivity contribution is 0.0593. The topological polar surface area (TPSA) is 90.3 Å². The van der Waals surface area contributed by atoms with Crippen molar-refractivity contribution in [3.05, 3.63) is 41.7 Å². The van der Waals surface area contributed by atoms with E-state index in [0.29, 0.717) is 11.4 Å². The van der Waals surface area contributed by atoms with Gasteiger partial charge in [0.2, 0.25) is 0 Å². The van der Waals surface area contributed by atoms with E-state index < -0.39 is 5.97 Å².